The highest BCUT2D eigenvalue weighted by Crippen LogP contribution is 2.55. The normalized spacial score (nSPS) is 18.8. The Morgan fingerprint density at radius 1 is 1.00 bits per heavy atom. The largest absolute Gasteiger partial charge is 0.491 e. The summed E-state index contributed by atoms with van der Waals surface area (Å²) in [5.41, 5.74) is 3.00. The maximum Gasteiger partial charge on any atom is 0.251 e. The van der Waals surface area contributed by atoms with Crippen molar-refractivity contribution >= 4 is 17.5 Å². The first-order valence-electron chi connectivity index (χ1n) is 12.0. The Morgan fingerprint density at radius 2 is 1.83 bits per heavy atom. The summed E-state index contributed by atoms with van der Waals surface area (Å²) in [5, 5.41) is 2.91. The minimum absolute atomic E-state index is 0.0595. The maximum atomic E-state index is 14.2. The smallest absolute Gasteiger partial charge is 0.251 e. The van der Waals surface area contributed by atoms with Gasteiger partial charge in [0.2, 0.25) is 12.7 Å². The fourth-order valence-electron chi connectivity index (χ4n) is 5.24. The van der Waals surface area contributed by atoms with Crippen molar-refractivity contribution in [2.24, 2.45) is 0 Å². The molecular weight excluding hydrogens is 460 g/mol. The zero-order valence-corrected chi connectivity index (χ0v) is 19.9. The number of methoxy groups -OCH3 is 1. The van der Waals surface area contributed by atoms with Crippen LogP contribution in [0, 0.1) is 0 Å². The van der Waals surface area contributed by atoms with Crippen molar-refractivity contribution in [1.29, 1.82) is 0 Å². The van der Waals surface area contributed by atoms with E-state index >= 15 is 0 Å². The molecule has 0 bridgehead atoms. The van der Waals surface area contributed by atoms with Crippen molar-refractivity contribution in [2.75, 3.05) is 38.6 Å². The van der Waals surface area contributed by atoms with Gasteiger partial charge in [-0.3, -0.25) is 9.59 Å². The molecule has 0 fully saturated rings. The first-order chi connectivity index (χ1) is 17.6. The fraction of sp³-hybridized carbons (Fsp3) is 0.286. The standard InChI is InChI=1S/C28H26N2O6/c1-33-11-5-10-29-26(31)19-7-4-6-18(12-19)15-30-22-9-3-2-8-20(22)28(27(30)32)16-34-23-14-25-24(13-21(23)28)35-17-36-25/h2-4,6-9,12-14H,5,10-11,15-17H2,1H3,(H,29,31). The summed E-state index contributed by atoms with van der Waals surface area (Å²) in [5.74, 6) is 1.67. The second-order valence-corrected chi connectivity index (χ2v) is 9.11. The molecule has 0 aromatic heterocycles. The summed E-state index contributed by atoms with van der Waals surface area (Å²) >= 11 is 0. The van der Waals surface area contributed by atoms with Gasteiger partial charge >= 0.3 is 0 Å². The molecular formula is C28H26N2O6. The van der Waals surface area contributed by atoms with Crippen LogP contribution in [0.2, 0.25) is 0 Å². The van der Waals surface area contributed by atoms with E-state index in [1.54, 1.807) is 24.1 Å². The van der Waals surface area contributed by atoms with Crippen molar-refractivity contribution < 1.29 is 28.5 Å². The van der Waals surface area contributed by atoms with E-state index < -0.39 is 5.41 Å². The number of hydrogen-bond donors (Lipinski definition) is 1. The van der Waals surface area contributed by atoms with Crippen LogP contribution >= 0.6 is 0 Å². The third-order valence-electron chi connectivity index (χ3n) is 6.98. The number of carbonyl (C=O) groups excluding carboxylic acids is 2. The molecule has 6 rings (SSSR count). The number of nitrogens with zero attached hydrogens (tertiary/aromatic N) is 1. The Kier molecular flexibility index (Phi) is 5.53. The van der Waals surface area contributed by atoms with Crippen LogP contribution in [0.4, 0.5) is 5.69 Å². The Balaban J connectivity index is 1.31. The molecule has 1 N–H and O–H groups in total. The molecule has 0 radical (unpaired) electrons. The number of benzene rings is 3. The highest BCUT2D eigenvalue weighted by molar-refractivity contribution is 6.11. The number of carbonyl (C=O) groups is 2. The molecule has 3 aliphatic rings. The van der Waals surface area contributed by atoms with Crippen LogP contribution in [0.25, 0.3) is 0 Å². The van der Waals surface area contributed by atoms with Gasteiger partial charge < -0.3 is 29.2 Å². The molecule has 0 saturated heterocycles. The van der Waals surface area contributed by atoms with Gasteiger partial charge in [0.05, 0.1) is 6.54 Å². The zero-order valence-electron chi connectivity index (χ0n) is 19.9. The SMILES string of the molecule is COCCCNC(=O)c1cccc(CN2C(=O)C3(COc4cc5c(cc43)OCO5)c3ccccc32)c1. The van der Waals surface area contributed by atoms with Crippen LogP contribution in [-0.2, 0) is 21.5 Å². The monoisotopic (exact) mass is 486 g/mol. The van der Waals surface area contributed by atoms with Gasteiger partial charge in [0.25, 0.3) is 5.91 Å². The van der Waals surface area contributed by atoms with Crippen molar-refractivity contribution in [2.45, 2.75) is 18.4 Å². The van der Waals surface area contributed by atoms with Gasteiger partial charge in [0, 0.05) is 43.1 Å². The predicted octanol–water partition coefficient (Wildman–Crippen LogP) is 3.41. The van der Waals surface area contributed by atoms with E-state index in [2.05, 4.69) is 5.32 Å². The number of rotatable bonds is 7. The number of hydrogen-bond acceptors (Lipinski definition) is 6. The van der Waals surface area contributed by atoms with E-state index in [9.17, 15) is 9.59 Å². The van der Waals surface area contributed by atoms with Gasteiger partial charge in [0.15, 0.2) is 11.5 Å². The third kappa shape index (κ3) is 3.48. The number of amides is 2. The summed E-state index contributed by atoms with van der Waals surface area (Å²) in [6.07, 6.45) is 0.743. The first kappa shape index (κ1) is 22.4. The van der Waals surface area contributed by atoms with Crippen LogP contribution in [0.1, 0.15) is 33.5 Å². The Morgan fingerprint density at radius 3 is 2.69 bits per heavy atom. The molecule has 1 unspecified atom stereocenters. The van der Waals surface area contributed by atoms with Gasteiger partial charge in [0.1, 0.15) is 17.8 Å². The lowest BCUT2D eigenvalue weighted by molar-refractivity contribution is -0.122. The van der Waals surface area contributed by atoms with Crippen molar-refractivity contribution in [3.05, 3.63) is 82.9 Å². The van der Waals surface area contributed by atoms with Gasteiger partial charge in [-0.2, -0.15) is 0 Å². The molecule has 8 nitrogen and oxygen atoms in total. The number of fused-ring (bicyclic) bond motifs is 5. The van der Waals surface area contributed by atoms with E-state index in [0.29, 0.717) is 42.5 Å². The highest BCUT2D eigenvalue weighted by Gasteiger charge is 2.57. The minimum Gasteiger partial charge on any atom is -0.491 e. The molecule has 1 atom stereocenters. The van der Waals surface area contributed by atoms with E-state index in [-0.39, 0.29) is 25.2 Å². The number of ether oxygens (including phenoxy) is 4. The van der Waals surface area contributed by atoms with Crippen LogP contribution in [0.15, 0.2) is 60.7 Å². The summed E-state index contributed by atoms with van der Waals surface area (Å²) in [7, 11) is 1.64. The molecule has 36 heavy (non-hydrogen) atoms. The first-order valence-corrected chi connectivity index (χ1v) is 12.0. The van der Waals surface area contributed by atoms with Crippen molar-refractivity contribution in [3.8, 4) is 17.2 Å². The molecule has 3 aliphatic heterocycles. The molecule has 3 aromatic carbocycles. The molecule has 3 heterocycles. The van der Waals surface area contributed by atoms with E-state index in [1.807, 2.05) is 48.5 Å². The molecule has 184 valence electrons. The molecule has 0 saturated carbocycles. The molecule has 3 aromatic rings. The fourth-order valence-corrected chi connectivity index (χ4v) is 5.24. The predicted molar refractivity (Wildman–Crippen MR) is 132 cm³/mol. The second-order valence-electron chi connectivity index (χ2n) is 9.11. The van der Waals surface area contributed by atoms with Crippen LogP contribution in [0.3, 0.4) is 0 Å². The third-order valence-corrected chi connectivity index (χ3v) is 6.98. The summed E-state index contributed by atoms with van der Waals surface area (Å²) in [6, 6.07) is 18.9. The molecule has 8 heteroatoms. The summed E-state index contributed by atoms with van der Waals surface area (Å²) < 4.78 is 22.2. The van der Waals surface area contributed by atoms with Crippen molar-refractivity contribution in [3.63, 3.8) is 0 Å². The topological polar surface area (TPSA) is 86.3 Å². The van der Waals surface area contributed by atoms with Crippen LogP contribution in [-0.4, -0.2) is 45.5 Å². The van der Waals surface area contributed by atoms with E-state index in [1.165, 1.54) is 0 Å². The Labute approximate surface area is 208 Å². The van der Waals surface area contributed by atoms with Crippen LogP contribution < -0.4 is 24.4 Å². The Hall–Kier alpha value is -4.04. The van der Waals surface area contributed by atoms with Gasteiger partial charge in [-0.1, -0.05) is 30.3 Å². The maximum absolute atomic E-state index is 14.2. The highest BCUT2D eigenvalue weighted by atomic mass is 16.7. The number of nitrogens with one attached hydrogen (secondary N) is 1. The van der Waals surface area contributed by atoms with Crippen molar-refractivity contribution in [1.82, 2.24) is 5.32 Å². The zero-order chi connectivity index (χ0) is 24.7. The lowest BCUT2D eigenvalue weighted by Gasteiger charge is -2.23. The Bertz CT molecular complexity index is 1360. The van der Waals surface area contributed by atoms with Crippen LogP contribution in [0.5, 0.6) is 17.2 Å². The average Bonchev–Trinajstić information content (AvgIpc) is 3.58. The van der Waals surface area contributed by atoms with Gasteiger partial charge in [-0.05, 0) is 41.8 Å². The molecule has 2 amide bonds. The molecule has 0 aliphatic carbocycles. The van der Waals surface area contributed by atoms with E-state index in [0.717, 1.165) is 28.8 Å². The average molecular weight is 487 g/mol. The number of anilines is 1. The lowest BCUT2D eigenvalue weighted by Crippen LogP contribution is -2.42. The summed E-state index contributed by atoms with van der Waals surface area (Å²) in [4.78, 5) is 28.6. The number of para-hydroxylation sites is 1. The van der Waals surface area contributed by atoms with Gasteiger partial charge in [-0.25, -0.2) is 0 Å². The summed E-state index contributed by atoms with van der Waals surface area (Å²) in [6.45, 7) is 1.82. The lowest BCUT2D eigenvalue weighted by atomic mass is 9.77. The minimum atomic E-state index is -0.955. The second kappa shape index (κ2) is 8.87. The van der Waals surface area contributed by atoms with E-state index in [4.69, 9.17) is 18.9 Å². The van der Waals surface area contributed by atoms with Gasteiger partial charge in [-0.15, -0.1) is 0 Å². The quantitative estimate of drug-likeness (QED) is 0.515. The molecule has 1 spiro atoms.